The van der Waals surface area contributed by atoms with Gasteiger partial charge >= 0.3 is 5.97 Å². The zero-order valence-corrected chi connectivity index (χ0v) is 15.4. The average molecular weight is 383 g/mol. The molecule has 0 aliphatic heterocycles. The molecule has 3 aromatic rings. The minimum absolute atomic E-state index is 0.232. The van der Waals surface area contributed by atoms with Crippen LogP contribution in [0.25, 0.3) is 10.6 Å². The maximum absolute atomic E-state index is 12.4. The van der Waals surface area contributed by atoms with Gasteiger partial charge in [-0.1, -0.05) is 18.2 Å². The molecule has 8 heteroatoms. The van der Waals surface area contributed by atoms with Crippen LogP contribution < -0.4 is 10.9 Å². The molecule has 1 N–H and O–H groups in total. The third-order valence-electron chi connectivity index (χ3n) is 3.63. The second-order valence-corrected chi connectivity index (χ2v) is 6.45. The first-order valence-corrected chi connectivity index (χ1v) is 9.14. The summed E-state index contributed by atoms with van der Waals surface area (Å²) in [4.78, 5) is 37.3. The lowest BCUT2D eigenvalue weighted by molar-refractivity contribution is -0.117. The number of para-hydroxylation sites is 1. The maximum atomic E-state index is 12.4. The summed E-state index contributed by atoms with van der Waals surface area (Å²) in [5.74, 6) is -0.993. The number of esters is 1. The lowest BCUT2D eigenvalue weighted by Gasteiger charge is -2.11. The number of hydrogen-bond acceptors (Lipinski definition) is 6. The van der Waals surface area contributed by atoms with Gasteiger partial charge in [-0.25, -0.2) is 9.48 Å². The Morgan fingerprint density at radius 2 is 1.96 bits per heavy atom. The number of nitrogens with zero attached hydrogens (tertiary/aromatic N) is 2. The van der Waals surface area contributed by atoms with E-state index in [1.54, 1.807) is 37.3 Å². The molecule has 3 rings (SSSR count). The first-order chi connectivity index (χ1) is 13.1. The van der Waals surface area contributed by atoms with Gasteiger partial charge in [0, 0.05) is 6.07 Å². The average Bonchev–Trinajstić information content (AvgIpc) is 3.19. The van der Waals surface area contributed by atoms with Crippen molar-refractivity contribution in [3.05, 3.63) is 69.8 Å². The monoisotopic (exact) mass is 383 g/mol. The number of amides is 1. The van der Waals surface area contributed by atoms with Crippen molar-refractivity contribution < 1.29 is 14.3 Å². The van der Waals surface area contributed by atoms with Crippen molar-refractivity contribution in [2.24, 2.45) is 0 Å². The van der Waals surface area contributed by atoms with E-state index in [9.17, 15) is 14.4 Å². The minimum atomic E-state index is -0.525. The highest BCUT2D eigenvalue weighted by molar-refractivity contribution is 7.13. The predicted octanol–water partition coefficient (Wildman–Crippen LogP) is 2.79. The van der Waals surface area contributed by atoms with E-state index in [0.29, 0.717) is 11.4 Å². The lowest BCUT2D eigenvalue weighted by atomic mass is 10.2. The fraction of sp³-hybridized carbons (Fsp3) is 0.158. The Labute approximate surface area is 159 Å². The van der Waals surface area contributed by atoms with E-state index in [1.807, 2.05) is 17.5 Å². The first-order valence-electron chi connectivity index (χ1n) is 8.26. The van der Waals surface area contributed by atoms with Crippen molar-refractivity contribution in [1.29, 1.82) is 0 Å². The number of ether oxygens (including phenoxy) is 1. The van der Waals surface area contributed by atoms with Gasteiger partial charge in [-0.2, -0.15) is 5.10 Å². The first kappa shape index (κ1) is 18.5. The Balaban J connectivity index is 1.78. The second-order valence-electron chi connectivity index (χ2n) is 5.51. The quantitative estimate of drug-likeness (QED) is 0.661. The Morgan fingerprint density at radius 1 is 1.15 bits per heavy atom. The van der Waals surface area contributed by atoms with Crippen molar-refractivity contribution in [1.82, 2.24) is 9.78 Å². The summed E-state index contributed by atoms with van der Waals surface area (Å²) in [6, 6.07) is 13.3. The number of benzene rings is 1. The van der Waals surface area contributed by atoms with E-state index in [0.717, 1.165) is 9.56 Å². The Kier molecular flexibility index (Phi) is 5.77. The van der Waals surface area contributed by atoms with Crippen LogP contribution in [0.15, 0.2) is 58.7 Å². The van der Waals surface area contributed by atoms with E-state index in [2.05, 4.69) is 10.4 Å². The van der Waals surface area contributed by atoms with Gasteiger partial charge in [0.05, 0.1) is 22.7 Å². The third kappa shape index (κ3) is 4.48. The molecule has 0 spiro atoms. The minimum Gasteiger partial charge on any atom is -0.462 e. The van der Waals surface area contributed by atoms with Crippen LogP contribution >= 0.6 is 11.3 Å². The molecule has 0 saturated carbocycles. The standard InChI is InChI=1S/C19H17N3O4S/c1-2-26-19(25)13-6-3-4-7-14(13)20-17(23)12-22-18(24)10-9-15(21-22)16-8-5-11-27-16/h3-11H,2,12H2,1H3,(H,20,23). The molecule has 0 unspecified atom stereocenters. The van der Waals surface area contributed by atoms with Gasteiger partial charge in [0.1, 0.15) is 12.2 Å². The highest BCUT2D eigenvalue weighted by Gasteiger charge is 2.15. The number of anilines is 1. The molecule has 2 aromatic heterocycles. The van der Waals surface area contributed by atoms with Crippen molar-refractivity contribution >= 4 is 28.9 Å². The highest BCUT2D eigenvalue weighted by atomic mass is 32.1. The zero-order valence-electron chi connectivity index (χ0n) is 14.5. The number of carbonyl (C=O) groups excluding carboxylic acids is 2. The molecule has 0 aliphatic rings. The number of thiophene rings is 1. The molecule has 0 radical (unpaired) electrons. The number of rotatable bonds is 6. The Morgan fingerprint density at radius 3 is 2.70 bits per heavy atom. The SMILES string of the molecule is CCOC(=O)c1ccccc1NC(=O)Cn1nc(-c2cccs2)ccc1=O. The van der Waals surface area contributed by atoms with Crippen LogP contribution in [0.3, 0.4) is 0 Å². The van der Waals surface area contributed by atoms with E-state index >= 15 is 0 Å². The Bertz CT molecular complexity index is 1010. The van der Waals surface area contributed by atoms with Crippen LogP contribution in [0.5, 0.6) is 0 Å². The van der Waals surface area contributed by atoms with E-state index in [-0.39, 0.29) is 24.3 Å². The van der Waals surface area contributed by atoms with Crippen LogP contribution in [0.2, 0.25) is 0 Å². The van der Waals surface area contributed by atoms with Crippen LogP contribution in [-0.2, 0) is 16.1 Å². The van der Waals surface area contributed by atoms with Crippen LogP contribution in [0, 0.1) is 0 Å². The van der Waals surface area contributed by atoms with Gasteiger partial charge in [-0.05, 0) is 36.6 Å². The van der Waals surface area contributed by atoms with Gasteiger partial charge in [0.25, 0.3) is 5.56 Å². The summed E-state index contributed by atoms with van der Waals surface area (Å²) in [5.41, 5.74) is 0.803. The summed E-state index contributed by atoms with van der Waals surface area (Å²) in [7, 11) is 0. The molecule has 0 bridgehead atoms. The zero-order chi connectivity index (χ0) is 19.2. The van der Waals surface area contributed by atoms with E-state index in [4.69, 9.17) is 4.74 Å². The molecular weight excluding hydrogens is 366 g/mol. The second kappa shape index (κ2) is 8.41. The summed E-state index contributed by atoms with van der Waals surface area (Å²) in [6.07, 6.45) is 0. The van der Waals surface area contributed by atoms with Crippen molar-refractivity contribution in [2.75, 3.05) is 11.9 Å². The normalized spacial score (nSPS) is 10.4. The van der Waals surface area contributed by atoms with Gasteiger partial charge < -0.3 is 10.1 Å². The van der Waals surface area contributed by atoms with Crippen LogP contribution in [-0.4, -0.2) is 28.3 Å². The maximum Gasteiger partial charge on any atom is 0.340 e. The summed E-state index contributed by atoms with van der Waals surface area (Å²) in [6.45, 7) is 1.67. The number of carbonyl (C=O) groups is 2. The van der Waals surface area contributed by atoms with Gasteiger partial charge in [-0.15, -0.1) is 11.3 Å². The summed E-state index contributed by atoms with van der Waals surface area (Å²) < 4.78 is 6.08. The van der Waals surface area contributed by atoms with Crippen molar-refractivity contribution in [2.45, 2.75) is 13.5 Å². The molecule has 138 valence electrons. The molecular formula is C19H17N3O4S. The molecule has 0 aliphatic carbocycles. The fourth-order valence-corrected chi connectivity index (χ4v) is 3.11. The topological polar surface area (TPSA) is 90.3 Å². The molecule has 0 atom stereocenters. The third-order valence-corrected chi connectivity index (χ3v) is 4.52. The molecule has 7 nitrogen and oxygen atoms in total. The van der Waals surface area contributed by atoms with Crippen LogP contribution in [0.4, 0.5) is 5.69 Å². The van der Waals surface area contributed by atoms with Gasteiger partial charge in [-0.3, -0.25) is 9.59 Å². The number of nitrogens with one attached hydrogen (secondary N) is 1. The van der Waals surface area contributed by atoms with Crippen molar-refractivity contribution in [3.8, 4) is 10.6 Å². The van der Waals surface area contributed by atoms with Crippen molar-refractivity contribution in [3.63, 3.8) is 0 Å². The molecule has 2 heterocycles. The summed E-state index contributed by atoms with van der Waals surface area (Å²) in [5, 5.41) is 8.80. The van der Waals surface area contributed by atoms with Gasteiger partial charge in [0.15, 0.2) is 0 Å². The molecule has 27 heavy (non-hydrogen) atoms. The van der Waals surface area contributed by atoms with Gasteiger partial charge in [0.2, 0.25) is 5.91 Å². The fourth-order valence-electron chi connectivity index (χ4n) is 2.42. The molecule has 1 amide bonds. The largest absolute Gasteiger partial charge is 0.462 e. The Hall–Kier alpha value is -3.26. The lowest BCUT2D eigenvalue weighted by Crippen LogP contribution is -2.29. The van der Waals surface area contributed by atoms with Crippen LogP contribution in [0.1, 0.15) is 17.3 Å². The van der Waals surface area contributed by atoms with E-state index < -0.39 is 11.9 Å². The number of hydrogen-bond donors (Lipinski definition) is 1. The molecule has 1 aromatic carbocycles. The smallest absolute Gasteiger partial charge is 0.340 e. The summed E-state index contributed by atoms with van der Waals surface area (Å²) >= 11 is 1.49. The van der Waals surface area contributed by atoms with E-state index in [1.165, 1.54) is 17.4 Å². The number of aromatic nitrogens is 2. The highest BCUT2D eigenvalue weighted by Crippen LogP contribution is 2.21. The predicted molar refractivity (Wildman–Crippen MR) is 103 cm³/mol. The molecule has 0 saturated heterocycles. The molecule has 0 fully saturated rings.